The van der Waals surface area contributed by atoms with E-state index in [-0.39, 0.29) is 6.04 Å². The molecule has 3 nitrogen and oxygen atoms in total. The molecule has 0 saturated carbocycles. The topological polar surface area (TPSA) is 29.9 Å². The highest BCUT2D eigenvalue weighted by Crippen LogP contribution is 2.25. The first-order valence-corrected chi connectivity index (χ1v) is 6.97. The Morgan fingerprint density at radius 2 is 2.17 bits per heavy atom. The van der Waals surface area contributed by atoms with Gasteiger partial charge in [0.25, 0.3) is 0 Å². The van der Waals surface area contributed by atoms with E-state index in [2.05, 4.69) is 55.9 Å². The van der Waals surface area contributed by atoms with E-state index >= 15 is 0 Å². The van der Waals surface area contributed by atoms with Gasteiger partial charge in [-0.15, -0.1) is 0 Å². The summed E-state index contributed by atoms with van der Waals surface area (Å²) < 4.78 is 3.32. The van der Waals surface area contributed by atoms with Crippen molar-refractivity contribution in [2.24, 2.45) is 0 Å². The maximum absolute atomic E-state index is 4.44. The molecule has 1 N–H and O–H groups in total. The van der Waals surface area contributed by atoms with Gasteiger partial charge in [-0.3, -0.25) is 0 Å². The van der Waals surface area contributed by atoms with Crippen LogP contribution >= 0.6 is 15.9 Å². The molecule has 1 heterocycles. The highest BCUT2D eigenvalue weighted by atomic mass is 79.9. The molecule has 1 unspecified atom stereocenters. The number of imidazole rings is 1. The van der Waals surface area contributed by atoms with Crippen LogP contribution in [0.25, 0.3) is 0 Å². The first-order valence-electron chi connectivity index (χ1n) is 6.18. The van der Waals surface area contributed by atoms with Crippen molar-refractivity contribution in [2.75, 3.05) is 7.05 Å². The van der Waals surface area contributed by atoms with Crippen LogP contribution in [0.5, 0.6) is 0 Å². The highest BCUT2D eigenvalue weighted by Gasteiger charge is 2.15. The van der Waals surface area contributed by atoms with E-state index in [0.717, 1.165) is 23.3 Å². The maximum atomic E-state index is 4.44. The molecular formula is C14H18BrN3. The monoisotopic (exact) mass is 307 g/mol. The number of halogens is 1. The zero-order chi connectivity index (χ0) is 13.0. The maximum Gasteiger partial charge on any atom is 0.110 e. The normalized spacial score (nSPS) is 12.6. The number of aromatic nitrogens is 2. The SMILES string of the molecule is CCn1ccnc1CC(NC)c1ccccc1Br. The zero-order valence-electron chi connectivity index (χ0n) is 10.7. The third-order valence-corrected chi connectivity index (χ3v) is 3.88. The minimum atomic E-state index is 0.272. The Hall–Kier alpha value is -1.13. The minimum Gasteiger partial charge on any atom is -0.335 e. The van der Waals surface area contributed by atoms with Crippen molar-refractivity contribution in [3.05, 3.63) is 52.5 Å². The molecule has 4 heteroatoms. The number of likely N-dealkylation sites (N-methyl/N-ethyl adjacent to an activating group) is 1. The van der Waals surface area contributed by atoms with Crippen LogP contribution in [0.1, 0.15) is 24.4 Å². The van der Waals surface area contributed by atoms with Crippen LogP contribution in [0.4, 0.5) is 0 Å². The van der Waals surface area contributed by atoms with Gasteiger partial charge in [-0.1, -0.05) is 34.1 Å². The lowest BCUT2D eigenvalue weighted by Crippen LogP contribution is -2.21. The average molecular weight is 308 g/mol. The summed E-state index contributed by atoms with van der Waals surface area (Å²) in [6, 6.07) is 8.59. The van der Waals surface area contributed by atoms with Gasteiger partial charge in [0.15, 0.2) is 0 Å². The number of hydrogen-bond donors (Lipinski definition) is 1. The molecule has 0 saturated heterocycles. The number of aryl methyl sites for hydroxylation is 1. The van der Waals surface area contributed by atoms with Crippen LogP contribution in [0.3, 0.4) is 0 Å². The molecule has 2 aromatic rings. The Kier molecular flexibility index (Phi) is 4.55. The predicted octanol–water partition coefficient (Wildman–Crippen LogP) is 3.17. The lowest BCUT2D eigenvalue weighted by Gasteiger charge is -2.18. The Labute approximate surface area is 116 Å². The van der Waals surface area contributed by atoms with Crippen molar-refractivity contribution in [1.29, 1.82) is 0 Å². The molecule has 0 aliphatic heterocycles. The van der Waals surface area contributed by atoms with Gasteiger partial charge < -0.3 is 9.88 Å². The van der Waals surface area contributed by atoms with Gasteiger partial charge in [0.1, 0.15) is 5.82 Å². The minimum absolute atomic E-state index is 0.272. The number of nitrogens with one attached hydrogen (secondary N) is 1. The first kappa shape index (κ1) is 13.3. The van der Waals surface area contributed by atoms with Crippen molar-refractivity contribution in [1.82, 2.24) is 14.9 Å². The molecular weight excluding hydrogens is 290 g/mol. The number of nitrogens with zero attached hydrogens (tertiary/aromatic N) is 2. The Morgan fingerprint density at radius 1 is 1.39 bits per heavy atom. The molecule has 1 aromatic heterocycles. The van der Waals surface area contributed by atoms with Crippen molar-refractivity contribution in [3.63, 3.8) is 0 Å². The van der Waals surface area contributed by atoms with Crippen molar-refractivity contribution in [3.8, 4) is 0 Å². The predicted molar refractivity (Wildman–Crippen MR) is 77.5 cm³/mol. The van der Waals surface area contributed by atoms with Gasteiger partial charge in [0.2, 0.25) is 0 Å². The van der Waals surface area contributed by atoms with E-state index in [4.69, 9.17) is 0 Å². The fourth-order valence-corrected chi connectivity index (χ4v) is 2.69. The second-order valence-electron chi connectivity index (χ2n) is 4.20. The summed E-state index contributed by atoms with van der Waals surface area (Å²) >= 11 is 3.61. The van der Waals surface area contributed by atoms with Crippen LogP contribution < -0.4 is 5.32 Å². The van der Waals surface area contributed by atoms with Gasteiger partial charge in [-0.05, 0) is 25.6 Å². The number of hydrogen-bond acceptors (Lipinski definition) is 2. The number of benzene rings is 1. The van der Waals surface area contributed by atoms with Crippen LogP contribution in [0, 0.1) is 0 Å². The molecule has 1 atom stereocenters. The van der Waals surface area contributed by atoms with Crippen molar-refractivity contribution < 1.29 is 0 Å². The summed E-state index contributed by atoms with van der Waals surface area (Å²) in [7, 11) is 1.99. The van der Waals surface area contributed by atoms with E-state index < -0.39 is 0 Å². The lowest BCUT2D eigenvalue weighted by molar-refractivity contribution is 0.551. The molecule has 18 heavy (non-hydrogen) atoms. The highest BCUT2D eigenvalue weighted by molar-refractivity contribution is 9.10. The van der Waals surface area contributed by atoms with Gasteiger partial charge >= 0.3 is 0 Å². The average Bonchev–Trinajstić information content (AvgIpc) is 2.84. The van der Waals surface area contributed by atoms with Crippen LogP contribution in [0.15, 0.2) is 41.1 Å². The molecule has 0 radical (unpaired) electrons. The van der Waals surface area contributed by atoms with Gasteiger partial charge in [0, 0.05) is 35.9 Å². The molecule has 0 bridgehead atoms. The van der Waals surface area contributed by atoms with E-state index in [1.807, 2.05) is 25.5 Å². The summed E-state index contributed by atoms with van der Waals surface area (Å²) in [6.45, 7) is 3.10. The molecule has 0 spiro atoms. The Bertz CT molecular complexity index is 507. The molecule has 1 aromatic carbocycles. The van der Waals surface area contributed by atoms with E-state index in [0.29, 0.717) is 0 Å². The van der Waals surface area contributed by atoms with E-state index in [1.165, 1.54) is 5.56 Å². The van der Waals surface area contributed by atoms with Gasteiger partial charge in [-0.25, -0.2) is 4.98 Å². The lowest BCUT2D eigenvalue weighted by atomic mass is 10.0. The Balaban J connectivity index is 2.23. The summed E-state index contributed by atoms with van der Waals surface area (Å²) in [5.41, 5.74) is 1.27. The molecule has 96 valence electrons. The van der Waals surface area contributed by atoms with Crippen LogP contribution in [-0.4, -0.2) is 16.6 Å². The zero-order valence-corrected chi connectivity index (χ0v) is 12.3. The quantitative estimate of drug-likeness (QED) is 0.919. The van der Waals surface area contributed by atoms with Gasteiger partial charge in [0.05, 0.1) is 0 Å². The van der Waals surface area contributed by atoms with E-state index in [1.54, 1.807) is 0 Å². The summed E-state index contributed by atoms with van der Waals surface area (Å²) in [6.07, 6.45) is 4.79. The fourth-order valence-electron chi connectivity index (χ4n) is 2.13. The summed E-state index contributed by atoms with van der Waals surface area (Å²) in [5.74, 6) is 1.12. The second-order valence-corrected chi connectivity index (χ2v) is 5.05. The third-order valence-electron chi connectivity index (χ3n) is 3.16. The van der Waals surface area contributed by atoms with Crippen molar-refractivity contribution >= 4 is 15.9 Å². The van der Waals surface area contributed by atoms with Crippen LogP contribution in [0.2, 0.25) is 0 Å². The van der Waals surface area contributed by atoms with Crippen LogP contribution in [-0.2, 0) is 13.0 Å². The number of rotatable bonds is 5. The Morgan fingerprint density at radius 3 is 2.83 bits per heavy atom. The molecule has 0 aliphatic rings. The largest absolute Gasteiger partial charge is 0.335 e. The molecule has 0 fully saturated rings. The smallest absolute Gasteiger partial charge is 0.110 e. The molecule has 2 rings (SSSR count). The third kappa shape index (κ3) is 2.82. The van der Waals surface area contributed by atoms with E-state index in [9.17, 15) is 0 Å². The molecule has 0 amide bonds. The first-order chi connectivity index (χ1) is 8.76. The standard InChI is InChI=1S/C14H18BrN3/c1-3-18-9-8-17-14(18)10-13(16-2)11-6-4-5-7-12(11)15/h4-9,13,16H,3,10H2,1-2H3. The molecule has 0 aliphatic carbocycles. The van der Waals surface area contributed by atoms with Crippen molar-refractivity contribution in [2.45, 2.75) is 25.9 Å². The summed E-state index contributed by atoms with van der Waals surface area (Å²) in [4.78, 5) is 4.44. The summed E-state index contributed by atoms with van der Waals surface area (Å²) in [5, 5.41) is 3.37. The van der Waals surface area contributed by atoms with Gasteiger partial charge in [-0.2, -0.15) is 0 Å². The fraction of sp³-hybridized carbons (Fsp3) is 0.357. The second kappa shape index (κ2) is 6.16.